The largest absolute Gasteiger partial charge is 0.551 e. The van der Waals surface area contributed by atoms with E-state index in [0.29, 0.717) is 16.6 Å². The lowest BCUT2D eigenvalue weighted by molar-refractivity contribution is 0.0378. The van der Waals surface area contributed by atoms with Gasteiger partial charge in [-0.15, -0.1) is 0 Å². The van der Waals surface area contributed by atoms with Crippen molar-refractivity contribution in [1.29, 1.82) is 0 Å². The third-order valence-corrected chi connectivity index (χ3v) is 6.00. The van der Waals surface area contributed by atoms with Crippen LogP contribution in [0.1, 0.15) is 64.2 Å². The van der Waals surface area contributed by atoms with E-state index in [0.717, 1.165) is 23.3 Å². The summed E-state index contributed by atoms with van der Waals surface area (Å²) in [4.78, 5) is 0. The van der Waals surface area contributed by atoms with Gasteiger partial charge in [-0.1, -0.05) is 50.7 Å². The molecule has 0 amide bonds. The fourth-order valence-corrected chi connectivity index (χ4v) is 4.70. The minimum atomic E-state index is 0.401. The van der Waals surface area contributed by atoms with Gasteiger partial charge in [0.1, 0.15) is 11.9 Å². The van der Waals surface area contributed by atoms with Gasteiger partial charge in [0.15, 0.2) is 5.75 Å². The number of rotatable bonds is 5. The summed E-state index contributed by atoms with van der Waals surface area (Å²) < 4.78 is 12.2. The molecule has 0 spiro atoms. The van der Waals surface area contributed by atoms with E-state index >= 15 is 0 Å². The van der Waals surface area contributed by atoms with Crippen LogP contribution in [0.15, 0.2) is 24.3 Å². The monoisotopic (exact) mass is 318 g/mol. The molecule has 2 nitrogen and oxygen atoms in total. The third-order valence-electron chi connectivity index (χ3n) is 5.56. The highest BCUT2D eigenvalue weighted by atomic mass is 28.2. The van der Waals surface area contributed by atoms with Gasteiger partial charge in [0, 0.05) is 0 Å². The molecular formula is C19H30O2Si. The Morgan fingerprint density at radius 1 is 0.773 bits per heavy atom. The zero-order valence-electron chi connectivity index (χ0n) is 13.9. The smallest absolute Gasteiger partial charge is 0.204 e. The number of hydrogen-bond donors (Lipinski definition) is 0. The van der Waals surface area contributed by atoms with Crippen LogP contribution < -0.4 is 9.16 Å². The second-order valence-electron chi connectivity index (χ2n) is 7.03. The Bertz CT molecular complexity index is 433. The Morgan fingerprint density at radius 3 is 1.77 bits per heavy atom. The first-order valence-electron chi connectivity index (χ1n) is 9.18. The predicted octanol–water partition coefficient (Wildman–Crippen LogP) is 4.25. The van der Waals surface area contributed by atoms with E-state index < -0.39 is 0 Å². The fourth-order valence-electron chi connectivity index (χ4n) is 4.37. The Kier molecular flexibility index (Phi) is 5.82. The molecule has 0 N–H and O–H groups in total. The average Bonchev–Trinajstić information content (AvgIpc) is 2.61. The summed E-state index contributed by atoms with van der Waals surface area (Å²) in [6.45, 7) is 0. The average molecular weight is 319 g/mol. The van der Waals surface area contributed by atoms with Crippen LogP contribution in [0, 0.1) is 11.8 Å². The maximum atomic E-state index is 6.61. The highest BCUT2D eigenvalue weighted by molar-refractivity contribution is 6.00. The van der Waals surface area contributed by atoms with Crippen LogP contribution >= 0.6 is 0 Å². The Hall–Kier alpha value is -0.963. The first kappa shape index (κ1) is 15.9. The minimum Gasteiger partial charge on any atom is -0.551 e. The van der Waals surface area contributed by atoms with Crippen molar-refractivity contribution < 1.29 is 9.16 Å². The molecule has 3 rings (SSSR count). The molecule has 0 atom stereocenters. The predicted molar refractivity (Wildman–Crippen MR) is 94.6 cm³/mol. The normalized spacial score (nSPS) is 21.1. The van der Waals surface area contributed by atoms with Crippen molar-refractivity contribution in [1.82, 2.24) is 0 Å². The standard InChI is InChI=1S/C19H30O2Si/c22-21-18-14-8-7-13-17(18)20-19(15-9-3-1-4-10-15)16-11-5-2-6-12-16/h7-8,13-16,19H,1-6,9-12H2,22H3. The summed E-state index contributed by atoms with van der Waals surface area (Å²) in [6, 6.07) is 8.24. The van der Waals surface area contributed by atoms with Crippen molar-refractivity contribution in [3.05, 3.63) is 24.3 Å². The zero-order chi connectivity index (χ0) is 15.2. The molecule has 22 heavy (non-hydrogen) atoms. The molecule has 1 aromatic carbocycles. The first-order chi connectivity index (χ1) is 10.9. The first-order valence-corrected chi connectivity index (χ1v) is 10.00. The molecule has 0 heterocycles. The number of benzene rings is 1. The second-order valence-corrected chi connectivity index (χ2v) is 7.44. The molecule has 0 bridgehead atoms. The van der Waals surface area contributed by atoms with E-state index in [1.54, 1.807) is 0 Å². The van der Waals surface area contributed by atoms with E-state index in [1.807, 2.05) is 12.1 Å². The summed E-state index contributed by atoms with van der Waals surface area (Å²) in [5, 5.41) is 0. The van der Waals surface area contributed by atoms with Gasteiger partial charge in [-0.2, -0.15) is 0 Å². The van der Waals surface area contributed by atoms with Crippen LogP contribution in [-0.4, -0.2) is 16.6 Å². The van der Waals surface area contributed by atoms with Gasteiger partial charge in [0.25, 0.3) is 0 Å². The molecule has 2 aliphatic carbocycles. The maximum absolute atomic E-state index is 6.61. The van der Waals surface area contributed by atoms with Gasteiger partial charge in [-0.05, 0) is 49.7 Å². The molecule has 2 fully saturated rings. The van der Waals surface area contributed by atoms with Crippen LogP contribution in [0.3, 0.4) is 0 Å². The molecule has 3 heteroatoms. The van der Waals surface area contributed by atoms with E-state index in [2.05, 4.69) is 12.1 Å². The lowest BCUT2D eigenvalue weighted by Crippen LogP contribution is -2.37. The Morgan fingerprint density at radius 2 is 1.27 bits per heavy atom. The highest BCUT2D eigenvalue weighted by Gasteiger charge is 2.33. The molecule has 0 aromatic heterocycles. The van der Waals surface area contributed by atoms with Crippen molar-refractivity contribution in [2.75, 3.05) is 0 Å². The molecule has 2 aliphatic rings. The minimum absolute atomic E-state index is 0.401. The summed E-state index contributed by atoms with van der Waals surface area (Å²) in [5.41, 5.74) is 0. The fraction of sp³-hybridized carbons (Fsp3) is 0.684. The van der Waals surface area contributed by atoms with E-state index in [4.69, 9.17) is 9.16 Å². The van der Waals surface area contributed by atoms with E-state index in [1.165, 1.54) is 64.2 Å². The van der Waals surface area contributed by atoms with Crippen molar-refractivity contribution in [2.45, 2.75) is 70.3 Å². The molecule has 0 saturated heterocycles. The SMILES string of the molecule is [SiH3]Oc1ccccc1OC(C1CCCCC1)C1CCCCC1. The van der Waals surface area contributed by atoms with Crippen LogP contribution in [0.2, 0.25) is 0 Å². The van der Waals surface area contributed by atoms with Gasteiger partial charge in [0.2, 0.25) is 10.5 Å². The molecule has 2 saturated carbocycles. The lowest BCUT2D eigenvalue weighted by atomic mass is 9.75. The summed E-state index contributed by atoms with van der Waals surface area (Å²) in [6.07, 6.45) is 14.2. The second kappa shape index (κ2) is 8.05. The summed E-state index contributed by atoms with van der Waals surface area (Å²) in [7, 11) is 0.715. The zero-order valence-corrected chi connectivity index (χ0v) is 15.9. The summed E-state index contributed by atoms with van der Waals surface area (Å²) >= 11 is 0. The van der Waals surface area contributed by atoms with Gasteiger partial charge in [0.05, 0.1) is 0 Å². The lowest BCUT2D eigenvalue weighted by Gasteiger charge is -2.38. The van der Waals surface area contributed by atoms with Crippen molar-refractivity contribution in [3.63, 3.8) is 0 Å². The molecule has 0 aliphatic heterocycles. The van der Waals surface area contributed by atoms with Gasteiger partial charge < -0.3 is 9.16 Å². The number of hydrogen-bond acceptors (Lipinski definition) is 2. The molecule has 0 radical (unpaired) electrons. The van der Waals surface area contributed by atoms with Crippen molar-refractivity contribution in [2.24, 2.45) is 11.8 Å². The van der Waals surface area contributed by atoms with Crippen molar-refractivity contribution in [3.8, 4) is 11.5 Å². The van der Waals surface area contributed by atoms with E-state index in [-0.39, 0.29) is 0 Å². The third kappa shape index (κ3) is 3.86. The van der Waals surface area contributed by atoms with Crippen LogP contribution in [0.5, 0.6) is 11.5 Å². The maximum Gasteiger partial charge on any atom is 0.204 e. The van der Waals surface area contributed by atoms with Crippen molar-refractivity contribution >= 4 is 10.5 Å². The molecular weight excluding hydrogens is 288 g/mol. The van der Waals surface area contributed by atoms with Gasteiger partial charge >= 0.3 is 0 Å². The number of para-hydroxylation sites is 2. The highest BCUT2D eigenvalue weighted by Crippen LogP contribution is 2.39. The van der Waals surface area contributed by atoms with E-state index in [9.17, 15) is 0 Å². The molecule has 0 unspecified atom stereocenters. The topological polar surface area (TPSA) is 18.5 Å². The van der Waals surface area contributed by atoms with Gasteiger partial charge in [-0.25, -0.2) is 0 Å². The summed E-state index contributed by atoms with van der Waals surface area (Å²) in [5.74, 6) is 3.41. The van der Waals surface area contributed by atoms with Crippen LogP contribution in [0.25, 0.3) is 0 Å². The quantitative estimate of drug-likeness (QED) is 0.756. The molecule has 122 valence electrons. The van der Waals surface area contributed by atoms with Crippen LogP contribution in [0.4, 0.5) is 0 Å². The Balaban J connectivity index is 1.77. The van der Waals surface area contributed by atoms with Crippen LogP contribution in [-0.2, 0) is 0 Å². The van der Waals surface area contributed by atoms with Gasteiger partial charge in [-0.3, -0.25) is 0 Å². The Labute approximate surface area is 138 Å². The molecule has 1 aromatic rings. The number of ether oxygens (including phenoxy) is 1.